The van der Waals surface area contributed by atoms with Crippen LogP contribution in [-0.2, 0) is 17.8 Å². The van der Waals surface area contributed by atoms with E-state index in [2.05, 4.69) is 0 Å². The minimum Gasteiger partial charge on any atom is -0.456 e. The van der Waals surface area contributed by atoms with E-state index in [9.17, 15) is 0 Å². The summed E-state index contributed by atoms with van der Waals surface area (Å²) in [6.45, 7) is 1.11. The van der Waals surface area contributed by atoms with Gasteiger partial charge in [-0.1, -0.05) is 35.9 Å². The average molecular weight is 292 g/mol. The lowest BCUT2D eigenvalue weighted by atomic mass is 10.1. The fourth-order valence-corrected chi connectivity index (χ4v) is 2.24. The standard InChI is InChI=1S/C16H18ClNO2/c1-19-11-12-4-2-6-14(10-12)20-16-13(8-9-18)5-3-7-15(16)17/h2-7,10H,8-9,11,18H2,1H3. The first kappa shape index (κ1) is 14.9. The molecule has 2 aromatic carbocycles. The van der Waals surface area contributed by atoms with Gasteiger partial charge >= 0.3 is 0 Å². The number of nitrogens with two attached hydrogens (primary N) is 1. The van der Waals surface area contributed by atoms with Crippen LogP contribution in [0.2, 0.25) is 5.02 Å². The van der Waals surface area contributed by atoms with Crippen LogP contribution in [0.3, 0.4) is 0 Å². The molecule has 0 saturated carbocycles. The molecule has 0 unspecified atom stereocenters. The van der Waals surface area contributed by atoms with E-state index < -0.39 is 0 Å². The van der Waals surface area contributed by atoms with Crippen molar-refractivity contribution in [3.63, 3.8) is 0 Å². The van der Waals surface area contributed by atoms with E-state index >= 15 is 0 Å². The summed E-state index contributed by atoms with van der Waals surface area (Å²) in [5, 5.41) is 0.591. The summed E-state index contributed by atoms with van der Waals surface area (Å²) in [4.78, 5) is 0. The van der Waals surface area contributed by atoms with Crippen molar-refractivity contribution >= 4 is 11.6 Å². The number of hydrogen-bond donors (Lipinski definition) is 1. The molecule has 0 aliphatic heterocycles. The molecule has 0 aromatic heterocycles. The van der Waals surface area contributed by atoms with E-state index in [4.69, 9.17) is 26.8 Å². The van der Waals surface area contributed by atoms with E-state index in [1.807, 2.05) is 42.5 Å². The van der Waals surface area contributed by atoms with Crippen LogP contribution in [0, 0.1) is 0 Å². The molecule has 0 bridgehead atoms. The van der Waals surface area contributed by atoms with E-state index in [1.165, 1.54) is 0 Å². The van der Waals surface area contributed by atoms with Crippen LogP contribution in [0.4, 0.5) is 0 Å². The van der Waals surface area contributed by atoms with Crippen LogP contribution in [0.25, 0.3) is 0 Å². The van der Waals surface area contributed by atoms with Crippen molar-refractivity contribution in [3.8, 4) is 11.5 Å². The predicted octanol–water partition coefficient (Wildman–Crippen LogP) is 3.78. The lowest BCUT2D eigenvalue weighted by Crippen LogP contribution is -2.04. The van der Waals surface area contributed by atoms with Gasteiger partial charge in [0.25, 0.3) is 0 Å². The van der Waals surface area contributed by atoms with E-state index in [0.717, 1.165) is 23.3 Å². The monoisotopic (exact) mass is 291 g/mol. The number of para-hydroxylation sites is 1. The Morgan fingerprint density at radius 3 is 2.70 bits per heavy atom. The lowest BCUT2D eigenvalue weighted by Gasteiger charge is -2.13. The normalized spacial score (nSPS) is 10.6. The van der Waals surface area contributed by atoms with Gasteiger partial charge in [0.05, 0.1) is 11.6 Å². The van der Waals surface area contributed by atoms with Gasteiger partial charge in [-0.25, -0.2) is 0 Å². The van der Waals surface area contributed by atoms with Crippen molar-refractivity contribution in [1.82, 2.24) is 0 Å². The van der Waals surface area contributed by atoms with E-state index in [-0.39, 0.29) is 0 Å². The summed E-state index contributed by atoms with van der Waals surface area (Å²) in [6, 6.07) is 13.5. The SMILES string of the molecule is COCc1cccc(Oc2c(Cl)cccc2CCN)c1. The van der Waals surface area contributed by atoms with Crippen molar-refractivity contribution < 1.29 is 9.47 Å². The number of rotatable bonds is 6. The Labute approximate surface area is 124 Å². The lowest BCUT2D eigenvalue weighted by molar-refractivity contribution is 0.184. The van der Waals surface area contributed by atoms with Gasteiger partial charge in [0.2, 0.25) is 0 Å². The third kappa shape index (κ3) is 3.73. The molecule has 0 amide bonds. The van der Waals surface area contributed by atoms with Crippen molar-refractivity contribution in [2.24, 2.45) is 5.73 Å². The maximum absolute atomic E-state index is 6.23. The topological polar surface area (TPSA) is 44.5 Å². The number of benzene rings is 2. The molecule has 2 aromatic rings. The third-order valence-electron chi connectivity index (χ3n) is 2.89. The van der Waals surface area contributed by atoms with Gasteiger partial charge in [0.15, 0.2) is 0 Å². The summed E-state index contributed by atoms with van der Waals surface area (Å²) < 4.78 is 11.1. The van der Waals surface area contributed by atoms with Gasteiger partial charge in [-0.05, 0) is 42.3 Å². The first-order valence-electron chi connectivity index (χ1n) is 6.47. The second kappa shape index (κ2) is 7.29. The largest absolute Gasteiger partial charge is 0.456 e. The van der Waals surface area contributed by atoms with Crippen LogP contribution < -0.4 is 10.5 Å². The minimum absolute atomic E-state index is 0.551. The molecule has 20 heavy (non-hydrogen) atoms. The minimum atomic E-state index is 0.551. The molecule has 0 aliphatic carbocycles. The molecule has 0 heterocycles. The summed E-state index contributed by atoms with van der Waals surface area (Å²) >= 11 is 6.23. The summed E-state index contributed by atoms with van der Waals surface area (Å²) in [5.74, 6) is 1.42. The maximum Gasteiger partial charge on any atom is 0.149 e. The van der Waals surface area contributed by atoms with Gasteiger partial charge in [-0.2, -0.15) is 0 Å². The molecule has 0 saturated heterocycles. The first-order valence-corrected chi connectivity index (χ1v) is 6.85. The Balaban J connectivity index is 2.27. The maximum atomic E-state index is 6.23. The third-order valence-corrected chi connectivity index (χ3v) is 3.19. The van der Waals surface area contributed by atoms with Crippen molar-refractivity contribution in [3.05, 3.63) is 58.6 Å². The fraction of sp³-hybridized carbons (Fsp3) is 0.250. The Morgan fingerprint density at radius 2 is 1.95 bits per heavy atom. The molecule has 0 spiro atoms. The van der Waals surface area contributed by atoms with Gasteiger partial charge in [0.1, 0.15) is 11.5 Å². The zero-order valence-corrected chi connectivity index (χ0v) is 12.2. The van der Waals surface area contributed by atoms with Crippen molar-refractivity contribution in [2.45, 2.75) is 13.0 Å². The van der Waals surface area contributed by atoms with Gasteiger partial charge in [0, 0.05) is 7.11 Å². The Hall–Kier alpha value is -1.55. The van der Waals surface area contributed by atoms with Gasteiger partial charge < -0.3 is 15.2 Å². The molecule has 3 nitrogen and oxygen atoms in total. The molecule has 0 fully saturated rings. The quantitative estimate of drug-likeness (QED) is 0.881. The molecule has 4 heteroatoms. The highest BCUT2D eigenvalue weighted by atomic mass is 35.5. The molecule has 0 aliphatic rings. The highest BCUT2D eigenvalue weighted by Gasteiger charge is 2.09. The zero-order chi connectivity index (χ0) is 14.4. The molecule has 2 N–H and O–H groups in total. The average Bonchev–Trinajstić information content (AvgIpc) is 2.44. The van der Waals surface area contributed by atoms with Crippen LogP contribution in [0.5, 0.6) is 11.5 Å². The molecular weight excluding hydrogens is 274 g/mol. The predicted molar refractivity (Wildman–Crippen MR) is 81.4 cm³/mol. The second-order valence-electron chi connectivity index (χ2n) is 4.45. The molecule has 0 radical (unpaired) electrons. The number of ether oxygens (including phenoxy) is 2. The number of halogens is 1. The van der Waals surface area contributed by atoms with Crippen LogP contribution in [0.15, 0.2) is 42.5 Å². The van der Waals surface area contributed by atoms with Crippen molar-refractivity contribution in [1.29, 1.82) is 0 Å². The molecule has 0 atom stereocenters. The van der Waals surface area contributed by atoms with Crippen LogP contribution in [-0.4, -0.2) is 13.7 Å². The van der Waals surface area contributed by atoms with Crippen molar-refractivity contribution in [2.75, 3.05) is 13.7 Å². The zero-order valence-electron chi connectivity index (χ0n) is 11.4. The highest BCUT2D eigenvalue weighted by Crippen LogP contribution is 2.33. The molecule has 2 rings (SSSR count). The summed E-state index contributed by atoms with van der Waals surface area (Å²) in [7, 11) is 1.67. The van der Waals surface area contributed by atoms with Gasteiger partial charge in [-0.3, -0.25) is 0 Å². The van der Waals surface area contributed by atoms with Gasteiger partial charge in [-0.15, -0.1) is 0 Å². The number of methoxy groups -OCH3 is 1. The smallest absolute Gasteiger partial charge is 0.149 e. The molecular formula is C16H18ClNO2. The Morgan fingerprint density at radius 1 is 1.15 bits per heavy atom. The van der Waals surface area contributed by atoms with Crippen LogP contribution >= 0.6 is 11.6 Å². The van der Waals surface area contributed by atoms with E-state index in [0.29, 0.717) is 23.9 Å². The summed E-state index contributed by atoms with van der Waals surface area (Å²) in [5.41, 5.74) is 7.69. The molecule has 106 valence electrons. The van der Waals surface area contributed by atoms with E-state index in [1.54, 1.807) is 7.11 Å². The van der Waals surface area contributed by atoms with Crippen LogP contribution in [0.1, 0.15) is 11.1 Å². The summed E-state index contributed by atoms with van der Waals surface area (Å²) in [6.07, 6.45) is 0.730. The highest BCUT2D eigenvalue weighted by molar-refractivity contribution is 6.32. The Kier molecular flexibility index (Phi) is 5.41. The fourth-order valence-electron chi connectivity index (χ4n) is 2.00. The first-order chi connectivity index (χ1) is 9.74. The second-order valence-corrected chi connectivity index (χ2v) is 4.86. The Bertz CT molecular complexity index is 572. The number of hydrogen-bond acceptors (Lipinski definition) is 3.